The summed E-state index contributed by atoms with van der Waals surface area (Å²) in [4.78, 5) is 29.8. The number of amides is 2. The fraction of sp³-hybridized carbons (Fsp3) is 0.417. The topological polar surface area (TPSA) is 73.9 Å². The smallest absolute Gasteiger partial charge is 0.292 e. The van der Waals surface area contributed by atoms with Gasteiger partial charge in [-0.1, -0.05) is 0 Å². The Kier molecular flexibility index (Phi) is 5.71. The number of carbonyl (C=O) groups excluding carboxylic acids is 2. The van der Waals surface area contributed by atoms with Crippen LogP contribution in [0.15, 0.2) is 42.5 Å². The first-order valence-corrected chi connectivity index (χ1v) is 11.3. The van der Waals surface area contributed by atoms with Crippen LogP contribution in [0.2, 0.25) is 0 Å². The van der Waals surface area contributed by atoms with Gasteiger partial charge >= 0.3 is 0 Å². The van der Waals surface area contributed by atoms with Crippen molar-refractivity contribution in [1.29, 1.82) is 0 Å². The highest BCUT2D eigenvalue weighted by molar-refractivity contribution is 6.21. The fourth-order valence-corrected chi connectivity index (χ4v) is 4.87. The molecule has 8 nitrogen and oxygen atoms in total. The lowest BCUT2D eigenvalue weighted by molar-refractivity contribution is -1.02. The van der Waals surface area contributed by atoms with Gasteiger partial charge in [0.05, 0.1) is 18.7 Å². The highest BCUT2D eigenvalue weighted by Crippen LogP contribution is 2.32. The van der Waals surface area contributed by atoms with Crippen molar-refractivity contribution in [1.82, 2.24) is 0 Å². The summed E-state index contributed by atoms with van der Waals surface area (Å²) in [5, 5.41) is 0. The van der Waals surface area contributed by atoms with Gasteiger partial charge in [0.2, 0.25) is 12.7 Å². The summed E-state index contributed by atoms with van der Waals surface area (Å²) < 4.78 is 16.3. The Morgan fingerprint density at radius 3 is 2.50 bits per heavy atom. The molecular formula is C24H29N3O5+2. The van der Waals surface area contributed by atoms with E-state index in [2.05, 4.69) is 12.1 Å². The Morgan fingerprint density at radius 1 is 1.00 bits per heavy atom. The van der Waals surface area contributed by atoms with E-state index in [1.165, 1.54) is 20.3 Å². The number of ether oxygens (including phenoxy) is 3. The second-order valence-electron chi connectivity index (χ2n) is 8.52. The molecule has 2 fully saturated rings. The van der Waals surface area contributed by atoms with Gasteiger partial charge in [-0.05, 0) is 49.4 Å². The lowest BCUT2D eigenvalue weighted by Crippen LogP contribution is -3.29. The number of piperazine rings is 1. The van der Waals surface area contributed by atoms with E-state index >= 15 is 0 Å². The molecule has 0 aromatic heterocycles. The van der Waals surface area contributed by atoms with Gasteiger partial charge in [-0.25, -0.2) is 4.90 Å². The van der Waals surface area contributed by atoms with Crippen molar-refractivity contribution >= 4 is 17.5 Å². The molecule has 8 heteroatoms. The molecule has 1 unspecified atom stereocenters. The minimum atomic E-state index is -0.291. The number of rotatable bonds is 6. The van der Waals surface area contributed by atoms with Crippen LogP contribution >= 0.6 is 0 Å². The van der Waals surface area contributed by atoms with Gasteiger partial charge in [0.25, 0.3) is 5.91 Å². The molecular weight excluding hydrogens is 410 g/mol. The molecule has 2 aromatic rings. The van der Waals surface area contributed by atoms with Crippen molar-refractivity contribution < 1.29 is 33.6 Å². The van der Waals surface area contributed by atoms with E-state index < -0.39 is 0 Å². The van der Waals surface area contributed by atoms with Crippen LogP contribution < -0.4 is 28.9 Å². The van der Waals surface area contributed by atoms with Crippen molar-refractivity contribution in [3.63, 3.8) is 0 Å². The van der Waals surface area contributed by atoms with E-state index in [1.54, 1.807) is 24.3 Å². The maximum Gasteiger partial charge on any atom is 0.292 e. The average molecular weight is 440 g/mol. The summed E-state index contributed by atoms with van der Waals surface area (Å²) in [5.41, 5.74) is 1.85. The van der Waals surface area contributed by atoms with Crippen molar-refractivity contribution in [2.75, 3.05) is 44.5 Å². The predicted molar refractivity (Wildman–Crippen MR) is 116 cm³/mol. The fourth-order valence-electron chi connectivity index (χ4n) is 4.87. The molecule has 2 aromatic carbocycles. The number of nitrogens with zero attached hydrogens (tertiary/aromatic N) is 1. The molecule has 0 radical (unpaired) electrons. The van der Waals surface area contributed by atoms with E-state index in [0.29, 0.717) is 12.3 Å². The third-order valence-electron chi connectivity index (χ3n) is 6.54. The van der Waals surface area contributed by atoms with E-state index in [9.17, 15) is 9.59 Å². The summed E-state index contributed by atoms with van der Waals surface area (Å²) in [6.07, 6.45) is 0.277. The second-order valence-corrected chi connectivity index (χ2v) is 8.52. The number of imide groups is 1. The number of benzene rings is 2. The average Bonchev–Trinajstić information content (AvgIpc) is 3.39. The summed E-state index contributed by atoms with van der Waals surface area (Å²) in [6.45, 7) is 7.38. The van der Waals surface area contributed by atoms with Crippen molar-refractivity contribution in [2.24, 2.45) is 0 Å². The summed E-state index contributed by atoms with van der Waals surface area (Å²) >= 11 is 0. The lowest BCUT2D eigenvalue weighted by Gasteiger charge is -2.32. The van der Waals surface area contributed by atoms with Gasteiger partial charge < -0.3 is 24.0 Å². The van der Waals surface area contributed by atoms with Crippen LogP contribution in [0.25, 0.3) is 0 Å². The van der Waals surface area contributed by atoms with Crippen molar-refractivity contribution in [2.45, 2.75) is 25.9 Å². The molecule has 5 rings (SSSR count). The molecule has 3 heterocycles. The number of hydrogen-bond donors (Lipinski definition) is 2. The van der Waals surface area contributed by atoms with Gasteiger partial charge in [0.1, 0.15) is 38.5 Å². The monoisotopic (exact) mass is 439 g/mol. The van der Waals surface area contributed by atoms with Gasteiger partial charge in [-0.3, -0.25) is 9.59 Å². The lowest BCUT2D eigenvalue weighted by atomic mass is 10.1. The van der Waals surface area contributed by atoms with E-state index in [4.69, 9.17) is 14.2 Å². The van der Waals surface area contributed by atoms with Gasteiger partial charge in [0, 0.05) is 5.56 Å². The molecule has 3 aliphatic rings. The Labute approximate surface area is 187 Å². The third-order valence-corrected chi connectivity index (χ3v) is 6.54. The first-order chi connectivity index (χ1) is 15.6. The van der Waals surface area contributed by atoms with Crippen LogP contribution in [0.5, 0.6) is 17.2 Å². The zero-order valence-electron chi connectivity index (χ0n) is 18.3. The Morgan fingerprint density at radius 2 is 1.75 bits per heavy atom. The molecule has 2 saturated heterocycles. The minimum Gasteiger partial charge on any atom is -0.494 e. The molecule has 1 atom stereocenters. The van der Waals surface area contributed by atoms with Crippen LogP contribution in [-0.2, 0) is 16.1 Å². The standard InChI is InChI=1S/C24H27N3O5/c1-2-30-19-6-4-18(5-7-19)27-23(28)14-20(24(27)29)26-11-9-25(10-12-26)15-17-3-8-21-22(13-17)32-16-31-21/h3-8,13,20H,2,9-12,14-16H2,1H3/p+2. The first kappa shape index (κ1) is 20.8. The largest absolute Gasteiger partial charge is 0.494 e. The number of quaternary nitrogens is 2. The predicted octanol–water partition coefficient (Wildman–Crippen LogP) is -0.570. The zero-order chi connectivity index (χ0) is 22.1. The van der Waals surface area contributed by atoms with Crippen LogP contribution in [0.1, 0.15) is 18.9 Å². The second kappa shape index (κ2) is 8.80. The van der Waals surface area contributed by atoms with Crippen molar-refractivity contribution in [3.05, 3.63) is 48.0 Å². The molecule has 32 heavy (non-hydrogen) atoms. The molecule has 2 amide bonds. The SMILES string of the molecule is CCOc1ccc(N2C(=O)CC([NH+]3CC[NH+](Cc4ccc5c(c4)OCO5)CC3)C2=O)cc1. The molecule has 0 bridgehead atoms. The first-order valence-electron chi connectivity index (χ1n) is 11.3. The summed E-state index contributed by atoms with van der Waals surface area (Å²) in [5.74, 6) is 2.15. The molecule has 0 saturated carbocycles. The molecule has 3 aliphatic heterocycles. The van der Waals surface area contributed by atoms with Gasteiger partial charge in [-0.15, -0.1) is 0 Å². The Bertz CT molecular complexity index is 1000. The molecule has 2 N–H and O–H groups in total. The third kappa shape index (κ3) is 4.03. The van der Waals surface area contributed by atoms with Gasteiger partial charge in [-0.2, -0.15) is 0 Å². The molecule has 168 valence electrons. The normalized spacial score (nSPS) is 24.8. The van der Waals surface area contributed by atoms with E-state index in [0.717, 1.165) is 50.0 Å². The quantitative estimate of drug-likeness (QED) is 0.590. The maximum absolute atomic E-state index is 13.1. The highest BCUT2D eigenvalue weighted by Gasteiger charge is 2.47. The van der Waals surface area contributed by atoms with Crippen LogP contribution in [0, 0.1) is 0 Å². The minimum absolute atomic E-state index is 0.0895. The van der Waals surface area contributed by atoms with Crippen LogP contribution in [-0.4, -0.2) is 57.4 Å². The number of fused-ring (bicyclic) bond motifs is 1. The van der Waals surface area contributed by atoms with Crippen molar-refractivity contribution in [3.8, 4) is 17.2 Å². The number of anilines is 1. The number of carbonyl (C=O) groups is 2. The molecule has 0 aliphatic carbocycles. The summed E-state index contributed by atoms with van der Waals surface area (Å²) in [6, 6.07) is 13.0. The Hall–Kier alpha value is -3.10. The van der Waals surface area contributed by atoms with E-state index in [-0.39, 0.29) is 31.1 Å². The maximum atomic E-state index is 13.1. The number of nitrogens with one attached hydrogen (secondary N) is 2. The Balaban J connectivity index is 1.18. The molecule has 0 spiro atoms. The van der Waals surface area contributed by atoms with E-state index in [1.807, 2.05) is 13.0 Å². The number of hydrogen-bond acceptors (Lipinski definition) is 5. The highest BCUT2D eigenvalue weighted by atomic mass is 16.7. The van der Waals surface area contributed by atoms with Gasteiger partial charge in [0.15, 0.2) is 17.5 Å². The zero-order valence-corrected chi connectivity index (χ0v) is 18.3. The van der Waals surface area contributed by atoms with Crippen LogP contribution in [0.3, 0.4) is 0 Å². The summed E-state index contributed by atoms with van der Waals surface area (Å²) in [7, 11) is 0. The van der Waals surface area contributed by atoms with Crippen LogP contribution in [0.4, 0.5) is 5.69 Å².